The second-order valence-electron chi connectivity index (χ2n) is 15.7. The zero-order chi connectivity index (χ0) is 40.3. The average Bonchev–Trinajstić information content (AvgIpc) is 3.90. The molecule has 0 bridgehead atoms. The Morgan fingerprint density at radius 3 is 1.67 bits per heavy atom. The lowest BCUT2D eigenvalue weighted by molar-refractivity contribution is 0.669. The highest BCUT2D eigenvalue weighted by atomic mass is 32.1. The second-order valence-corrected chi connectivity index (χ2v) is 16.8. The third-order valence-electron chi connectivity index (χ3n) is 12.1. The lowest BCUT2D eigenvalue weighted by Gasteiger charge is -2.26. The highest BCUT2D eigenvalue weighted by molar-refractivity contribution is 7.25. The summed E-state index contributed by atoms with van der Waals surface area (Å²) in [4.78, 5) is 2.36. The molecule has 10 aromatic carbocycles. The van der Waals surface area contributed by atoms with Gasteiger partial charge in [-0.15, -0.1) is 11.3 Å². The first kappa shape index (κ1) is 35.2. The van der Waals surface area contributed by atoms with Gasteiger partial charge in [-0.1, -0.05) is 158 Å². The van der Waals surface area contributed by atoms with Gasteiger partial charge in [-0.05, 0) is 122 Å². The molecule has 12 aromatic rings. The molecule has 0 aliphatic rings. The van der Waals surface area contributed by atoms with Gasteiger partial charge >= 0.3 is 0 Å². The summed E-state index contributed by atoms with van der Waals surface area (Å²) in [6, 6.07) is 81.2. The number of thiophene rings is 1. The normalized spacial score (nSPS) is 11.6. The van der Waals surface area contributed by atoms with Gasteiger partial charge in [0.2, 0.25) is 0 Å². The van der Waals surface area contributed by atoms with Gasteiger partial charge in [0, 0.05) is 48.0 Å². The van der Waals surface area contributed by atoms with Crippen molar-refractivity contribution in [1.82, 2.24) is 0 Å². The predicted octanol–water partition coefficient (Wildman–Crippen LogP) is 17.2. The number of rotatable bonds is 7. The predicted molar refractivity (Wildman–Crippen MR) is 261 cm³/mol. The highest BCUT2D eigenvalue weighted by Crippen LogP contribution is 2.42. The standard InChI is InChI=1S/C58H37NOS/c1-2-14-48-41(10-1)11-8-17-49(48)42-24-22-38(23-25-42)39-26-31-45(32-27-39)59(46-33-28-40(29-34-46)43-30-35-57-53(37-43)51-15-4-6-21-56(51)61-57)47-13-7-12-44(36-47)50-18-9-20-55-58(50)52-16-3-5-19-54(52)60-55/h1-37H. The van der Waals surface area contributed by atoms with Crippen molar-refractivity contribution in [2.75, 3.05) is 4.90 Å². The molecule has 0 amide bonds. The third kappa shape index (κ3) is 6.18. The van der Waals surface area contributed by atoms with Gasteiger partial charge in [0.25, 0.3) is 0 Å². The smallest absolute Gasteiger partial charge is 0.136 e. The maximum Gasteiger partial charge on any atom is 0.136 e. The number of para-hydroxylation sites is 1. The fourth-order valence-electron chi connectivity index (χ4n) is 9.11. The minimum atomic E-state index is 0.894. The Bertz CT molecular complexity index is 3570. The van der Waals surface area contributed by atoms with Crippen LogP contribution in [0.4, 0.5) is 17.1 Å². The summed E-state index contributed by atoms with van der Waals surface area (Å²) < 4.78 is 8.94. The van der Waals surface area contributed by atoms with Crippen LogP contribution < -0.4 is 4.90 Å². The molecule has 0 unspecified atom stereocenters. The van der Waals surface area contributed by atoms with E-state index in [2.05, 4.69) is 217 Å². The number of fused-ring (bicyclic) bond motifs is 7. The van der Waals surface area contributed by atoms with Crippen LogP contribution in [0.2, 0.25) is 0 Å². The Balaban J connectivity index is 0.932. The molecular weight excluding hydrogens is 759 g/mol. The summed E-state index contributed by atoms with van der Waals surface area (Å²) >= 11 is 1.86. The second kappa shape index (κ2) is 14.5. The van der Waals surface area contributed by atoms with Crippen LogP contribution in [0.1, 0.15) is 0 Å². The molecule has 0 atom stereocenters. The first-order valence-corrected chi connectivity index (χ1v) is 21.5. The topological polar surface area (TPSA) is 16.4 Å². The zero-order valence-corrected chi connectivity index (χ0v) is 33.9. The van der Waals surface area contributed by atoms with Crippen molar-refractivity contribution in [3.8, 4) is 44.5 Å². The monoisotopic (exact) mass is 795 g/mol. The summed E-state index contributed by atoms with van der Waals surface area (Å²) in [7, 11) is 0. The first-order valence-electron chi connectivity index (χ1n) is 20.7. The van der Waals surface area contributed by atoms with Gasteiger partial charge in [-0.2, -0.15) is 0 Å². The molecular formula is C58H37NOS. The third-order valence-corrected chi connectivity index (χ3v) is 13.2. The Hall–Kier alpha value is -7.72. The molecule has 3 heteroatoms. The number of furan rings is 1. The van der Waals surface area contributed by atoms with Crippen molar-refractivity contribution in [2.24, 2.45) is 0 Å². The van der Waals surface area contributed by atoms with Crippen LogP contribution in [0.15, 0.2) is 229 Å². The van der Waals surface area contributed by atoms with Gasteiger partial charge in [0.1, 0.15) is 11.2 Å². The summed E-state index contributed by atoms with van der Waals surface area (Å²) in [6.07, 6.45) is 0. The molecule has 0 aliphatic heterocycles. The lowest BCUT2D eigenvalue weighted by Crippen LogP contribution is -2.10. The molecule has 61 heavy (non-hydrogen) atoms. The Morgan fingerprint density at radius 1 is 0.311 bits per heavy atom. The fourth-order valence-corrected chi connectivity index (χ4v) is 10.2. The summed E-state index contributed by atoms with van der Waals surface area (Å²) in [5, 5.41) is 7.41. The molecule has 0 saturated carbocycles. The number of benzene rings is 10. The Labute approximate surface area is 357 Å². The van der Waals surface area contributed by atoms with Crippen LogP contribution in [0.3, 0.4) is 0 Å². The molecule has 0 saturated heterocycles. The van der Waals surface area contributed by atoms with E-state index in [4.69, 9.17) is 4.42 Å². The van der Waals surface area contributed by atoms with Crippen molar-refractivity contribution in [2.45, 2.75) is 0 Å². The van der Waals surface area contributed by atoms with E-state index in [1.807, 2.05) is 23.5 Å². The summed E-state index contributed by atoms with van der Waals surface area (Å²) in [6.45, 7) is 0. The maximum atomic E-state index is 6.30. The number of anilines is 3. The molecule has 0 N–H and O–H groups in total. The van der Waals surface area contributed by atoms with Crippen LogP contribution in [-0.4, -0.2) is 0 Å². The maximum absolute atomic E-state index is 6.30. The van der Waals surface area contributed by atoms with Gasteiger partial charge in [0.05, 0.1) is 0 Å². The fraction of sp³-hybridized carbons (Fsp3) is 0. The molecule has 0 radical (unpaired) electrons. The van der Waals surface area contributed by atoms with E-state index >= 15 is 0 Å². The molecule has 12 rings (SSSR count). The minimum Gasteiger partial charge on any atom is -0.456 e. The molecule has 0 spiro atoms. The van der Waals surface area contributed by atoms with E-state index < -0.39 is 0 Å². The van der Waals surface area contributed by atoms with Crippen LogP contribution in [0.5, 0.6) is 0 Å². The van der Waals surface area contributed by atoms with Gasteiger partial charge in [0.15, 0.2) is 0 Å². The van der Waals surface area contributed by atoms with E-state index in [0.29, 0.717) is 0 Å². The number of hydrogen-bond acceptors (Lipinski definition) is 3. The highest BCUT2D eigenvalue weighted by Gasteiger charge is 2.17. The quantitative estimate of drug-likeness (QED) is 0.160. The zero-order valence-electron chi connectivity index (χ0n) is 33.1. The molecule has 0 fully saturated rings. The average molecular weight is 796 g/mol. The number of nitrogens with zero attached hydrogens (tertiary/aromatic N) is 1. The molecule has 2 nitrogen and oxygen atoms in total. The van der Waals surface area contributed by atoms with Crippen molar-refractivity contribution < 1.29 is 4.42 Å². The Kier molecular flexibility index (Phi) is 8.39. The van der Waals surface area contributed by atoms with E-state index in [9.17, 15) is 0 Å². The molecule has 2 heterocycles. The largest absolute Gasteiger partial charge is 0.456 e. The van der Waals surface area contributed by atoms with Crippen molar-refractivity contribution in [3.05, 3.63) is 224 Å². The SMILES string of the molecule is c1cc(-c2cccc3oc4ccccc4c23)cc(N(c2ccc(-c3ccc(-c4cccc5ccccc45)cc3)cc2)c2ccc(-c3ccc4sc5ccccc5c4c3)cc2)c1. The van der Waals surface area contributed by atoms with Crippen molar-refractivity contribution in [1.29, 1.82) is 0 Å². The van der Waals surface area contributed by atoms with Gasteiger partial charge in [-0.25, -0.2) is 0 Å². The van der Waals surface area contributed by atoms with Crippen molar-refractivity contribution >= 4 is 81.3 Å². The number of hydrogen-bond donors (Lipinski definition) is 0. The molecule has 2 aromatic heterocycles. The summed E-state index contributed by atoms with van der Waals surface area (Å²) in [5.74, 6) is 0. The van der Waals surface area contributed by atoms with E-state index in [1.54, 1.807) is 0 Å². The van der Waals surface area contributed by atoms with Crippen LogP contribution in [0.25, 0.3) is 97.4 Å². The van der Waals surface area contributed by atoms with Crippen LogP contribution >= 0.6 is 11.3 Å². The molecule has 0 aliphatic carbocycles. The van der Waals surface area contributed by atoms with E-state index in [1.165, 1.54) is 64.3 Å². The Morgan fingerprint density at radius 2 is 0.869 bits per heavy atom. The van der Waals surface area contributed by atoms with Crippen molar-refractivity contribution in [3.63, 3.8) is 0 Å². The summed E-state index contributed by atoms with van der Waals surface area (Å²) in [5.41, 5.74) is 14.6. The molecule has 286 valence electrons. The van der Waals surface area contributed by atoms with Gasteiger partial charge < -0.3 is 9.32 Å². The first-order chi connectivity index (χ1) is 30.2. The minimum absolute atomic E-state index is 0.894. The van der Waals surface area contributed by atoms with E-state index in [0.717, 1.165) is 50.1 Å². The lowest BCUT2D eigenvalue weighted by atomic mass is 9.96. The van der Waals surface area contributed by atoms with Crippen LogP contribution in [-0.2, 0) is 0 Å². The van der Waals surface area contributed by atoms with Crippen LogP contribution in [0, 0.1) is 0 Å². The van der Waals surface area contributed by atoms with Gasteiger partial charge in [-0.3, -0.25) is 0 Å². The van der Waals surface area contributed by atoms with E-state index in [-0.39, 0.29) is 0 Å².